The van der Waals surface area contributed by atoms with Crippen molar-refractivity contribution >= 4 is 11.6 Å². The van der Waals surface area contributed by atoms with Crippen molar-refractivity contribution in [2.24, 2.45) is 0 Å². The minimum atomic E-state index is -0.268. The monoisotopic (exact) mass is 284 g/mol. The summed E-state index contributed by atoms with van der Waals surface area (Å²) in [6, 6.07) is 13.7. The van der Waals surface area contributed by atoms with Crippen LogP contribution < -0.4 is 0 Å². The molecule has 0 N–H and O–H groups in total. The van der Waals surface area contributed by atoms with Gasteiger partial charge in [-0.05, 0) is 42.0 Å². The molecule has 0 saturated heterocycles. The van der Waals surface area contributed by atoms with Crippen molar-refractivity contribution in [1.29, 1.82) is 0 Å². The summed E-state index contributed by atoms with van der Waals surface area (Å²) in [5, 5.41) is 0.675. The molecule has 0 aliphatic heterocycles. The highest BCUT2D eigenvalue weighted by molar-refractivity contribution is 6.30. The van der Waals surface area contributed by atoms with Crippen molar-refractivity contribution in [2.45, 2.75) is 0 Å². The average Bonchev–Trinajstić information content (AvgIpc) is 2.49. The van der Waals surface area contributed by atoms with E-state index in [-0.39, 0.29) is 5.82 Å². The summed E-state index contributed by atoms with van der Waals surface area (Å²) < 4.78 is 13.0. The molecule has 1 heterocycles. The Morgan fingerprint density at radius 3 is 2.20 bits per heavy atom. The molecule has 0 radical (unpaired) electrons. The molecule has 0 spiro atoms. The average molecular weight is 285 g/mol. The van der Waals surface area contributed by atoms with Crippen molar-refractivity contribution in [2.75, 3.05) is 0 Å². The van der Waals surface area contributed by atoms with E-state index in [1.165, 1.54) is 18.5 Å². The van der Waals surface area contributed by atoms with Crippen LogP contribution in [-0.4, -0.2) is 9.97 Å². The Labute approximate surface area is 120 Å². The largest absolute Gasteiger partial charge is 0.244 e. The zero-order valence-electron chi connectivity index (χ0n) is 10.4. The summed E-state index contributed by atoms with van der Waals surface area (Å²) in [5.74, 6) is -0.268. The lowest BCUT2D eigenvalue weighted by atomic mass is 10.0. The van der Waals surface area contributed by atoms with Crippen molar-refractivity contribution in [3.63, 3.8) is 0 Å². The summed E-state index contributed by atoms with van der Waals surface area (Å²) in [6.45, 7) is 0. The molecule has 0 atom stereocenters. The quantitative estimate of drug-likeness (QED) is 0.687. The number of hydrogen-bond acceptors (Lipinski definition) is 2. The predicted molar refractivity (Wildman–Crippen MR) is 77.9 cm³/mol. The molecule has 2 nitrogen and oxygen atoms in total. The van der Waals surface area contributed by atoms with Gasteiger partial charge in [0.15, 0.2) is 0 Å². The van der Waals surface area contributed by atoms with E-state index in [1.54, 1.807) is 18.3 Å². The van der Waals surface area contributed by atoms with Crippen LogP contribution in [0.1, 0.15) is 0 Å². The number of hydrogen-bond donors (Lipinski definition) is 0. The third-order valence-corrected chi connectivity index (χ3v) is 3.24. The first kappa shape index (κ1) is 12.8. The lowest BCUT2D eigenvalue weighted by Crippen LogP contribution is -1.91. The smallest absolute Gasteiger partial charge is 0.123 e. The van der Waals surface area contributed by atoms with E-state index in [9.17, 15) is 4.39 Å². The van der Waals surface area contributed by atoms with E-state index in [0.29, 0.717) is 5.02 Å². The third-order valence-electron chi connectivity index (χ3n) is 2.99. The highest BCUT2D eigenvalue weighted by Crippen LogP contribution is 2.30. The Balaban J connectivity index is 2.13. The van der Waals surface area contributed by atoms with Crippen LogP contribution in [0.2, 0.25) is 5.02 Å². The van der Waals surface area contributed by atoms with E-state index in [0.717, 1.165) is 22.4 Å². The summed E-state index contributed by atoms with van der Waals surface area (Å²) in [6.07, 6.45) is 3.23. The fourth-order valence-corrected chi connectivity index (χ4v) is 2.13. The molecule has 0 amide bonds. The second-order valence-corrected chi connectivity index (χ2v) is 4.74. The van der Waals surface area contributed by atoms with Gasteiger partial charge >= 0.3 is 0 Å². The van der Waals surface area contributed by atoms with Crippen molar-refractivity contribution in [3.8, 4) is 22.4 Å². The second-order valence-electron chi connectivity index (χ2n) is 4.30. The number of halogens is 2. The maximum absolute atomic E-state index is 13.0. The van der Waals surface area contributed by atoms with Gasteiger partial charge in [-0.2, -0.15) is 0 Å². The Hall–Kier alpha value is -2.26. The third kappa shape index (κ3) is 2.53. The number of rotatable bonds is 2. The molecular formula is C16H10ClFN2. The van der Waals surface area contributed by atoms with Gasteiger partial charge in [-0.25, -0.2) is 14.4 Å². The Bertz CT molecular complexity index is 660. The van der Waals surface area contributed by atoms with Crippen molar-refractivity contribution in [3.05, 3.63) is 71.9 Å². The molecule has 20 heavy (non-hydrogen) atoms. The molecule has 98 valence electrons. The molecule has 2 aromatic carbocycles. The summed E-state index contributed by atoms with van der Waals surface area (Å²) in [5.41, 5.74) is 3.46. The SMILES string of the molecule is Fc1ccc(-c2ncncc2-c2ccc(Cl)cc2)cc1. The molecule has 4 heteroatoms. The van der Waals surface area contributed by atoms with E-state index < -0.39 is 0 Å². The van der Waals surface area contributed by atoms with E-state index in [1.807, 2.05) is 24.3 Å². The van der Waals surface area contributed by atoms with E-state index >= 15 is 0 Å². The van der Waals surface area contributed by atoms with Crippen LogP contribution in [0.3, 0.4) is 0 Å². The second kappa shape index (κ2) is 5.39. The molecule has 0 saturated carbocycles. The van der Waals surface area contributed by atoms with Crippen LogP contribution in [0.4, 0.5) is 4.39 Å². The number of nitrogens with zero attached hydrogens (tertiary/aromatic N) is 2. The molecule has 0 fully saturated rings. The Kier molecular flexibility index (Phi) is 3.44. The first-order valence-corrected chi connectivity index (χ1v) is 6.44. The fraction of sp³-hybridized carbons (Fsp3) is 0. The van der Waals surface area contributed by atoms with Crippen LogP contribution in [0.5, 0.6) is 0 Å². The minimum Gasteiger partial charge on any atom is -0.244 e. The Morgan fingerprint density at radius 1 is 0.850 bits per heavy atom. The number of benzene rings is 2. The van der Waals surface area contributed by atoms with Gasteiger partial charge in [0.2, 0.25) is 0 Å². The van der Waals surface area contributed by atoms with Crippen molar-refractivity contribution in [1.82, 2.24) is 9.97 Å². The highest BCUT2D eigenvalue weighted by Gasteiger charge is 2.09. The standard InChI is InChI=1S/C16H10ClFN2/c17-13-5-1-11(2-6-13)15-9-19-10-20-16(15)12-3-7-14(18)8-4-12/h1-10H. The molecular weight excluding hydrogens is 275 g/mol. The molecule has 0 bridgehead atoms. The van der Waals surface area contributed by atoms with Gasteiger partial charge in [0.1, 0.15) is 12.1 Å². The highest BCUT2D eigenvalue weighted by atomic mass is 35.5. The van der Waals surface area contributed by atoms with Gasteiger partial charge in [-0.3, -0.25) is 0 Å². The van der Waals surface area contributed by atoms with Gasteiger partial charge in [-0.1, -0.05) is 23.7 Å². The van der Waals surface area contributed by atoms with Gasteiger partial charge in [-0.15, -0.1) is 0 Å². The maximum atomic E-state index is 13.0. The fourth-order valence-electron chi connectivity index (χ4n) is 2.01. The summed E-state index contributed by atoms with van der Waals surface area (Å²) in [4.78, 5) is 8.38. The van der Waals surface area contributed by atoms with Gasteiger partial charge in [0, 0.05) is 22.3 Å². The van der Waals surface area contributed by atoms with E-state index in [4.69, 9.17) is 11.6 Å². The lowest BCUT2D eigenvalue weighted by Gasteiger charge is -2.08. The molecule has 0 aliphatic carbocycles. The molecule has 0 aliphatic rings. The van der Waals surface area contributed by atoms with Crippen molar-refractivity contribution < 1.29 is 4.39 Å². The summed E-state index contributed by atoms with van der Waals surface area (Å²) >= 11 is 5.90. The maximum Gasteiger partial charge on any atom is 0.123 e. The first-order valence-electron chi connectivity index (χ1n) is 6.06. The normalized spacial score (nSPS) is 10.5. The first-order chi connectivity index (χ1) is 9.74. The molecule has 3 aromatic rings. The van der Waals surface area contributed by atoms with Crippen LogP contribution in [0, 0.1) is 5.82 Å². The van der Waals surface area contributed by atoms with E-state index in [2.05, 4.69) is 9.97 Å². The lowest BCUT2D eigenvalue weighted by molar-refractivity contribution is 0.628. The predicted octanol–water partition coefficient (Wildman–Crippen LogP) is 4.60. The zero-order valence-corrected chi connectivity index (χ0v) is 11.2. The van der Waals surface area contributed by atoms with Crippen LogP contribution in [-0.2, 0) is 0 Å². The topological polar surface area (TPSA) is 25.8 Å². The van der Waals surface area contributed by atoms with Gasteiger partial charge in [0.05, 0.1) is 5.69 Å². The van der Waals surface area contributed by atoms with Gasteiger partial charge in [0.25, 0.3) is 0 Å². The minimum absolute atomic E-state index is 0.268. The van der Waals surface area contributed by atoms with Crippen LogP contribution in [0.15, 0.2) is 61.1 Å². The number of aromatic nitrogens is 2. The summed E-state index contributed by atoms with van der Waals surface area (Å²) in [7, 11) is 0. The van der Waals surface area contributed by atoms with Gasteiger partial charge < -0.3 is 0 Å². The molecule has 0 unspecified atom stereocenters. The van der Waals surface area contributed by atoms with Crippen LogP contribution in [0.25, 0.3) is 22.4 Å². The van der Waals surface area contributed by atoms with Crippen LogP contribution >= 0.6 is 11.6 Å². The molecule has 3 rings (SSSR count). The Morgan fingerprint density at radius 2 is 1.50 bits per heavy atom. The zero-order chi connectivity index (χ0) is 13.9. The molecule has 1 aromatic heterocycles.